The summed E-state index contributed by atoms with van der Waals surface area (Å²) in [4.78, 5) is 14.4. The second-order valence-corrected chi connectivity index (χ2v) is 6.69. The maximum absolute atomic E-state index is 12.2. The van der Waals surface area contributed by atoms with Crippen LogP contribution in [0.1, 0.15) is 24.1 Å². The van der Waals surface area contributed by atoms with Gasteiger partial charge in [-0.3, -0.25) is 4.79 Å². The molecule has 5 heteroatoms. The lowest BCUT2D eigenvalue weighted by Crippen LogP contribution is -2.44. The van der Waals surface area contributed by atoms with Crippen molar-refractivity contribution in [2.45, 2.75) is 19.1 Å². The van der Waals surface area contributed by atoms with Crippen LogP contribution in [0.5, 0.6) is 0 Å². The molecule has 0 aromatic heterocycles. The Hall–Kier alpha value is -2.63. The van der Waals surface area contributed by atoms with Gasteiger partial charge in [0, 0.05) is 24.9 Å². The molecule has 1 aliphatic rings. The Balaban J connectivity index is 1.62. The highest BCUT2D eigenvalue weighted by Gasteiger charge is 2.20. The summed E-state index contributed by atoms with van der Waals surface area (Å²) < 4.78 is 5.52. The van der Waals surface area contributed by atoms with Crippen LogP contribution >= 0.6 is 0 Å². The first-order valence-electron chi connectivity index (χ1n) is 9.26. The summed E-state index contributed by atoms with van der Waals surface area (Å²) >= 11 is 0. The lowest BCUT2D eigenvalue weighted by molar-refractivity contribution is -0.117. The van der Waals surface area contributed by atoms with Gasteiger partial charge in [0.15, 0.2) is 0 Å². The van der Waals surface area contributed by atoms with Gasteiger partial charge in [0.2, 0.25) is 5.91 Å². The number of carbonyl (C=O) groups excluding carboxylic acids is 1. The highest BCUT2D eigenvalue weighted by atomic mass is 16.5. The lowest BCUT2D eigenvalue weighted by atomic mass is 10.1. The standard InChI is InChI=1S/C22H26N2O3/c1-17(23-22(26)11-10-18-6-3-2-4-7-18)19-8-5-9-20(14-19)24-12-13-27-21(15-24)16-25/h2-11,14,17,21,25H,12-13,15-16H2,1H3,(H,23,26)/b11-10-. The highest BCUT2D eigenvalue weighted by molar-refractivity contribution is 5.91. The number of aliphatic hydroxyl groups is 1. The van der Waals surface area contributed by atoms with E-state index in [0.717, 1.165) is 23.4 Å². The van der Waals surface area contributed by atoms with Crippen molar-refractivity contribution in [1.29, 1.82) is 0 Å². The molecule has 2 N–H and O–H groups in total. The van der Waals surface area contributed by atoms with Crippen LogP contribution in [0.2, 0.25) is 0 Å². The Morgan fingerprint density at radius 3 is 2.89 bits per heavy atom. The van der Waals surface area contributed by atoms with E-state index in [1.807, 2.05) is 55.5 Å². The predicted octanol–water partition coefficient (Wildman–Crippen LogP) is 2.77. The molecular formula is C22H26N2O3. The summed E-state index contributed by atoms with van der Waals surface area (Å²) in [6, 6.07) is 17.8. The largest absolute Gasteiger partial charge is 0.394 e. The fraction of sp³-hybridized carbons (Fsp3) is 0.318. The average Bonchev–Trinajstić information content (AvgIpc) is 2.73. The molecule has 0 spiro atoms. The third kappa shape index (κ3) is 5.42. The molecule has 0 aliphatic carbocycles. The number of ether oxygens (including phenoxy) is 1. The first-order valence-corrected chi connectivity index (χ1v) is 9.26. The second kappa shape index (κ2) is 9.35. The molecule has 5 nitrogen and oxygen atoms in total. The molecule has 1 fully saturated rings. The first kappa shape index (κ1) is 19.1. The van der Waals surface area contributed by atoms with Crippen molar-refractivity contribution in [2.24, 2.45) is 0 Å². The van der Waals surface area contributed by atoms with Crippen LogP contribution < -0.4 is 10.2 Å². The molecule has 142 valence electrons. The van der Waals surface area contributed by atoms with E-state index in [2.05, 4.69) is 16.3 Å². The smallest absolute Gasteiger partial charge is 0.244 e. The van der Waals surface area contributed by atoms with Gasteiger partial charge in [0.25, 0.3) is 0 Å². The molecule has 1 aliphatic heterocycles. The molecule has 0 saturated carbocycles. The third-order valence-electron chi connectivity index (χ3n) is 4.66. The van der Waals surface area contributed by atoms with Crippen molar-refractivity contribution in [1.82, 2.24) is 5.32 Å². The van der Waals surface area contributed by atoms with Crippen LogP contribution in [-0.2, 0) is 9.53 Å². The highest BCUT2D eigenvalue weighted by Crippen LogP contribution is 2.22. The van der Waals surface area contributed by atoms with Gasteiger partial charge in [0.1, 0.15) is 0 Å². The maximum Gasteiger partial charge on any atom is 0.244 e. The predicted molar refractivity (Wildman–Crippen MR) is 108 cm³/mol. The number of nitrogens with zero attached hydrogens (tertiary/aromatic N) is 1. The molecular weight excluding hydrogens is 340 g/mol. The molecule has 0 bridgehead atoms. The fourth-order valence-electron chi connectivity index (χ4n) is 3.14. The minimum Gasteiger partial charge on any atom is -0.394 e. The second-order valence-electron chi connectivity index (χ2n) is 6.69. The molecule has 27 heavy (non-hydrogen) atoms. The summed E-state index contributed by atoms with van der Waals surface area (Å²) in [5.74, 6) is -0.122. The molecule has 1 heterocycles. The SMILES string of the molecule is CC(NC(=O)/C=C\c1ccccc1)c1cccc(N2CCOC(CO)C2)c1. The van der Waals surface area contributed by atoms with E-state index in [1.165, 1.54) is 0 Å². The Labute approximate surface area is 160 Å². The minimum atomic E-state index is -0.150. The lowest BCUT2D eigenvalue weighted by Gasteiger charge is -2.34. The van der Waals surface area contributed by atoms with Crippen molar-refractivity contribution < 1.29 is 14.6 Å². The number of hydrogen-bond donors (Lipinski definition) is 2. The van der Waals surface area contributed by atoms with E-state index in [-0.39, 0.29) is 24.7 Å². The van der Waals surface area contributed by atoms with E-state index in [0.29, 0.717) is 13.2 Å². The summed E-state index contributed by atoms with van der Waals surface area (Å²) in [5, 5.41) is 12.3. The number of amides is 1. The monoisotopic (exact) mass is 366 g/mol. The van der Waals surface area contributed by atoms with Gasteiger partial charge < -0.3 is 20.1 Å². The Morgan fingerprint density at radius 1 is 1.30 bits per heavy atom. The van der Waals surface area contributed by atoms with E-state index in [1.54, 1.807) is 12.2 Å². The van der Waals surface area contributed by atoms with Crippen molar-refractivity contribution in [2.75, 3.05) is 31.2 Å². The van der Waals surface area contributed by atoms with Crippen molar-refractivity contribution >= 4 is 17.7 Å². The normalized spacial score (nSPS) is 18.4. The topological polar surface area (TPSA) is 61.8 Å². The quantitative estimate of drug-likeness (QED) is 0.772. The van der Waals surface area contributed by atoms with Crippen LogP contribution in [0.4, 0.5) is 5.69 Å². The van der Waals surface area contributed by atoms with Gasteiger partial charge in [-0.1, -0.05) is 42.5 Å². The fourth-order valence-corrected chi connectivity index (χ4v) is 3.14. The molecule has 2 atom stereocenters. The Morgan fingerprint density at radius 2 is 2.11 bits per heavy atom. The van der Waals surface area contributed by atoms with Gasteiger partial charge in [-0.05, 0) is 36.3 Å². The average molecular weight is 366 g/mol. The summed E-state index contributed by atoms with van der Waals surface area (Å²) in [6.45, 7) is 4.06. The molecule has 3 rings (SSSR count). The molecule has 2 aromatic carbocycles. The molecule has 0 radical (unpaired) electrons. The van der Waals surface area contributed by atoms with Gasteiger partial charge >= 0.3 is 0 Å². The number of nitrogens with one attached hydrogen (secondary N) is 1. The van der Waals surface area contributed by atoms with Gasteiger partial charge in [-0.15, -0.1) is 0 Å². The summed E-state index contributed by atoms with van der Waals surface area (Å²) in [5.41, 5.74) is 3.12. The molecule has 2 unspecified atom stereocenters. The summed E-state index contributed by atoms with van der Waals surface area (Å²) in [7, 11) is 0. The third-order valence-corrected chi connectivity index (χ3v) is 4.66. The number of benzene rings is 2. The maximum atomic E-state index is 12.2. The van der Waals surface area contributed by atoms with Gasteiger partial charge in [-0.2, -0.15) is 0 Å². The van der Waals surface area contributed by atoms with Gasteiger partial charge in [-0.25, -0.2) is 0 Å². The van der Waals surface area contributed by atoms with E-state index in [9.17, 15) is 9.90 Å². The van der Waals surface area contributed by atoms with Crippen molar-refractivity contribution in [3.8, 4) is 0 Å². The van der Waals surface area contributed by atoms with E-state index < -0.39 is 0 Å². The number of rotatable bonds is 6. The number of carbonyl (C=O) groups is 1. The number of hydrogen-bond acceptors (Lipinski definition) is 4. The summed E-state index contributed by atoms with van der Waals surface area (Å²) in [6.07, 6.45) is 3.22. The van der Waals surface area contributed by atoms with Crippen molar-refractivity contribution in [3.05, 3.63) is 71.8 Å². The first-order chi connectivity index (χ1) is 13.2. The van der Waals surface area contributed by atoms with Crippen LogP contribution in [0, 0.1) is 0 Å². The molecule has 2 aromatic rings. The van der Waals surface area contributed by atoms with Crippen molar-refractivity contribution in [3.63, 3.8) is 0 Å². The zero-order chi connectivity index (χ0) is 19.1. The van der Waals surface area contributed by atoms with Crippen LogP contribution in [0.25, 0.3) is 6.08 Å². The van der Waals surface area contributed by atoms with E-state index in [4.69, 9.17) is 4.74 Å². The molecule has 1 amide bonds. The van der Waals surface area contributed by atoms with Gasteiger partial charge in [0.05, 0.1) is 25.4 Å². The molecule has 1 saturated heterocycles. The number of anilines is 1. The van der Waals surface area contributed by atoms with Crippen LogP contribution in [0.3, 0.4) is 0 Å². The number of morpholine rings is 1. The number of aliphatic hydroxyl groups excluding tert-OH is 1. The van der Waals surface area contributed by atoms with Crippen LogP contribution in [0.15, 0.2) is 60.7 Å². The Kier molecular flexibility index (Phi) is 6.63. The zero-order valence-corrected chi connectivity index (χ0v) is 15.5. The Bertz CT molecular complexity index is 776. The minimum absolute atomic E-state index is 0.0242. The van der Waals surface area contributed by atoms with Crippen LogP contribution in [-0.4, -0.2) is 43.4 Å². The zero-order valence-electron chi connectivity index (χ0n) is 15.5. The van der Waals surface area contributed by atoms with E-state index >= 15 is 0 Å².